The van der Waals surface area contributed by atoms with Gasteiger partial charge in [0.1, 0.15) is 5.84 Å². The molecule has 4 N–H and O–H groups in total. The van der Waals surface area contributed by atoms with Crippen LogP contribution in [-0.4, -0.2) is 48.0 Å². The second-order valence-corrected chi connectivity index (χ2v) is 6.41. The molecule has 1 saturated heterocycles. The summed E-state index contributed by atoms with van der Waals surface area (Å²) in [5.74, 6) is 0.555. The maximum Gasteiger partial charge on any atom is 0.223 e. The van der Waals surface area contributed by atoms with Crippen LogP contribution in [0.4, 0.5) is 0 Å². The van der Waals surface area contributed by atoms with E-state index in [1.807, 2.05) is 18.7 Å². The lowest BCUT2D eigenvalue weighted by Crippen LogP contribution is -2.32. The van der Waals surface area contributed by atoms with E-state index in [0.29, 0.717) is 6.42 Å². The first-order valence-electron chi connectivity index (χ1n) is 7.94. The SMILES string of the molecule is CC(C)(CCCCNCCC(=O)N1CCCC1)C(N)=NO. The number of amides is 1. The third-order valence-electron chi connectivity index (χ3n) is 4.18. The number of unbranched alkanes of at least 4 members (excludes halogenated alkanes) is 1. The van der Waals surface area contributed by atoms with Gasteiger partial charge in [-0.05, 0) is 32.2 Å². The standard InChI is InChI=1S/C15H30N4O2/c1-15(2,14(16)18-21)8-3-4-9-17-10-7-13(20)19-11-5-6-12-19/h17,21H,3-12H2,1-2H3,(H2,16,18). The highest BCUT2D eigenvalue weighted by molar-refractivity contribution is 5.85. The Morgan fingerprint density at radius 2 is 1.95 bits per heavy atom. The van der Waals surface area contributed by atoms with Crippen molar-refractivity contribution in [3.8, 4) is 0 Å². The van der Waals surface area contributed by atoms with Crippen molar-refractivity contribution in [3.63, 3.8) is 0 Å². The summed E-state index contributed by atoms with van der Waals surface area (Å²) >= 11 is 0. The molecule has 1 fully saturated rings. The molecule has 6 heteroatoms. The van der Waals surface area contributed by atoms with Crippen molar-refractivity contribution in [1.29, 1.82) is 0 Å². The van der Waals surface area contributed by atoms with Gasteiger partial charge in [0.05, 0.1) is 0 Å². The van der Waals surface area contributed by atoms with Crippen molar-refractivity contribution in [1.82, 2.24) is 10.2 Å². The molecule has 0 bridgehead atoms. The molecule has 6 nitrogen and oxygen atoms in total. The third-order valence-corrected chi connectivity index (χ3v) is 4.18. The molecule has 0 radical (unpaired) electrons. The summed E-state index contributed by atoms with van der Waals surface area (Å²) in [6.07, 6.45) is 5.81. The first kappa shape index (κ1) is 17.8. The van der Waals surface area contributed by atoms with Crippen LogP contribution in [0, 0.1) is 5.41 Å². The maximum absolute atomic E-state index is 11.8. The van der Waals surface area contributed by atoms with Gasteiger partial charge in [-0.1, -0.05) is 25.4 Å². The van der Waals surface area contributed by atoms with Crippen LogP contribution >= 0.6 is 0 Å². The summed E-state index contributed by atoms with van der Waals surface area (Å²) < 4.78 is 0. The van der Waals surface area contributed by atoms with Crippen molar-refractivity contribution in [2.24, 2.45) is 16.3 Å². The minimum atomic E-state index is -0.263. The van der Waals surface area contributed by atoms with Gasteiger partial charge in [-0.2, -0.15) is 0 Å². The Kier molecular flexibility index (Phi) is 7.50. The van der Waals surface area contributed by atoms with E-state index in [-0.39, 0.29) is 17.2 Å². The summed E-state index contributed by atoms with van der Waals surface area (Å²) in [6, 6.07) is 0. The van der Waals surface area contributed by atoms with Crippen LogP contribution < -0.4 is 11.1 Å². The highest BCUT2D eigenvalue weighted by Crippen LogP contribution is 2.23. The zero-order valence-corrected chi connectivity index (χ0v) is 13.4. The molecule has 0 spiro atoms. The average Bonchev–Trinajstić information content (AvgIpc) is 2.99. The second-order valence-electron chi connectivity index (χ2n) is 6.41. The van der Waals surface area contributed by atoms with E-state index in [9.17, 15) is 4.79 Å². The van der Waals surface area contributed by atoms with Gasteiger partial charge in [-0.15, -0.1) is 0 Å². The Morgan fingerprint density at radius 3 is 2.57 bits per heavy atom. The summed E-state index contributed by atoms with van der Waals surface area (Å²) in [4.78, 5) is 13.8. The smallest absolute Gasteiger partial charge is 0.223 e. The number of oxime groups is 1. The van der Waals surface area contributed by atoms with Crippen LogP contribution in [0.2, 0.25) is 0 Å². The molecule has 0 aromatic carbocycles. The number of amidine groups is 1. The zero-order chi connectivity index (χ0) is 15.7. The molecule has 0 aromatic heterocycles. The van der Waals surface area contributed by atoms with Crippen LogP contribution in [0.5, 0.6) is 0 Å². The molecule has 0 atom stereocenters. The van der Waals surface area contributed by atoms with Crippen LogP contribution in [0.1, 0.15) is 52.4 Å². The number of carbonyl (C=O) groups excluding carboxylic acids is 1. The van der Waals surface area contributed by atoms with Gasteiger partial charge in [-0.3, -0.25) is 4.79 Å². The number of hydrogen-bond donors (Lipinski definition) is 3. The van der Waals surface area contributed by atoms with Crippen molar-refractivity contribution >= 4 is 11.7 Å². The molecule has 0 unspecified atom stereocenters. The number of carbonyl (C=O) groups is 1. The van der Waals surface area contributed by atoms with Crippen LogP contribution in [0.25, 0.3) is 0 Å². The van der Waals surface area contributed by atoms with Crippen molar-refractivity contribution in [2.75, 3.05) is 26.2 Å². The van der Waals surface area contributed by atoms with Gasteiger partial charge < -0.3 is 21.2 Å². The van der Waals surface area contributed by atoms with Gasteiger partial charge >= 0.3 is 0 Å². The van der Waals surface area contributed by atoms with Crippen molar-refractivity contribution in [3.05, 3.63) is 0 Å². The molecule has 1 amide bonds. The Balaban J connectivity index is 2.01. The summed E-state index contributed by atoms with van der Waals surface area (Å²) in [7, 11) is 0. The number of nitrogens with two attached hydrogens (primary N) is 1. The van der Waals surface area contributed by atoms with E-state index in [1.54, 1.807) is 0 Å². The molecule has 21 heavy (non-hydrogen) atoms. The summed E-state index contributed by atoms with van der Waals surface area (Å²) in [5, 5.41) is 15.1. The topological polar surface area (TPSA) is 91.0 Å². The molecule has 0 aromatic rings. The number of nitrogens with zero attached hydrogens (tertiary/aromatic N) is 2. The lowest BCUT2D eigenvalue weighted by molar-refractivity contribution is -0.130. The molecule has 1 aliphatic heterocycles. The molecule has 1 rings (SSSR count). The molecule has 1 aliphatic rings. The number of nitrogens with one attached hydrogen (secondary N) is 1. The minimum Gasteiger partial charge on any atom is -0.409 e. The van der Waals surface area contributed by atoms with Crippen LogP contribution in [-0.2, 0) is 4.79 Å². The highest BCUT2D eigenvalue weighted by Gasteiger charge is 2.22. The summed E-state index contributed by atoms with van der Waals surface area (Å²) in [5.41, 5.74) is 5.39. The molecule has 0 saturated carbocycles. The number of hydrogen-bond acceptors (Lipinski definition) is 4. The zero-order valence-electron chi connectivity index (χ0n) is 13.4. The fourth-order valence-electron chi connectivity index (χ4n) is 2.53. The fourth-order valence-corrected chi connectivity index (χ4v) is 2.53. The third kappa shape index (κ3) is 6.33. The van der Waals surface area contributed by atoms with Crippen molar-refractivity contribution in [2.45, 2.75) is 52.4 Å². The maximum atomic E-state index is 11.8. The van der Waals surface area contributed by atoms with Gasteiger partial charge in [0, 0.05) is 31.5 Å². The van der Waals surface area contributed by atoms with Gasteiger partial charge in [0.15, 0.2) is 0 Å². The van der Waals surface area contributed by atoms with Crippen LogP contribution in [0.3, 0.4) is 0 Å². The van der Waals surface area contributed by atoms with Gasteiger partial charge in [-0.25, -0.2) is 0 Å². The summed E-state index contributed by atoms with van der Waals surface area (Å²) in [6.45, 7) is 7.47. The average molecular weight is 298 g/mol. The first-order valence-corrected chi connectivity index (χ1v) is 7.94. The Morgan fingerprint density at radius 1 is 1.29 bits per heavy atom. The quantitative estimate of drug-likeness (QED) is 0.198. The normalized spacial score (nSPS) is 16.5. The van der Waals surface area contributed by atoms with E-state index >= 15 is 0 Å². The second kappa shape index (κ2) is 8.87. The molecule has 1 heterocycles. The first-order chi connectivity index (χ1) is 9.97. The van der Waals surface area contributed by atoms with Gasteiger partial charge in [0.2, 0.25) is 5.91 Å². The largest absolute Gasteiger partial charge is 0.409 e. The van der Waals surface area contributed by atoms with E-state index in [0.717, 1.165) is 58.3 Å². The van der Waals surface area contributed by atoms with Crippen molar-refractivity contribution < 1.29 is 10.0 Å². The number of likely N-dealkylation sites (tertiary alicyclic amines) is 1. The fraction of sp³-hybridized carbons (Fsp3) is 0.867. The van der Waals surface area contributed by atoms with Gasteiger partial charge in [0.25, 0.3) is 0 Å². The Bertz CT molecular complexity index is 350. The predicted molar refractivity (Wildman–Crippen MR) is 84.3 cm³/mol. The molecular formula is C15H30N4O2. The van der Waals surface area contributed by atoms with Crippen LogP contribution in [0.15, 0.2) is 5.16 Å². The predicted octanol–water partition coefficient (Wildman–Crippen LogP) is 1.53. The molecule has 122 valence electrons. The monoisotopic (exact) mass is 298 g/mol. The minimum absolute atomic E-state index is 0.263. The van der Waals surface area contributed by atoms with E-state index in [4.69, 9.17) is 10.9 Å². The van der Waals surface area contributed by atoms with E-state index in [1.165, 1.54) is 0 Å². The Labute approximate surface area is 127 Å². The highest BCUT2D eigenvalue weighted by atomic mass is 16.4. The van der Waals surface area contributed by atoms with E-state index < -0.39 is 0 Å². The number of rotatable bonds is 9. The lowest BCUT2D eigenvalue weighted by atomic mass is 9.86. The Hall–Kier alpha value is -1.30. The lowest BCUT2D eigenvalue weighted by Gasteiger charge is -2.22. The molecular weight excluding hydrogens is 268 g/mol. The molecule has 0 aliphatic carbocycles. The van der Waals surface area contributed by atoms with E-state index in [2.05, 4.69) is 10.5 Å².